The van der Waals surface area contributed by atoms with Crippen molar-refractivity contribution in [3.63, 3.8) is 0 Å². The minimum atomic E-state index is -0.203. The van der Waals surface area contributed by atoms with Crippen molar-refractivity contribution in [3.05, 3.63) is 47.0 Å². The third kappa shape index (κ3) is 3.99. The molecule has 1 saturated heterocycles. The Balaban J connectivity index is 1.62. The standard InChI is InChI=1S/C19H23N5O2/c1-13-4-5-16(12-14(13)2)19(26)20-17-6-7-18(22-21-17)24-10-8-23(9-11-24)15(3)25/h4-7,12H,8-11H2,1-3H3,(H,20,21,26). The molecule has 0 unspecified atom stereocenters. The lowest BCUT2D eigenvalue weighted by molar-refractivity contribution is -0.129. The minimum Gasteiger partial charge on any atom is -0.352 e. The fourth-order valence-corrected chi connectivity index (χ4v) is 2.88. The second-order valence-electron chi connectivity index (χ2n) is 6.52. The first-order valence-corrected chi connectivity index (χ1v) is 8.67. The van der Waals surface area contributed by atoms with Gasteiger partial charge >= 0.3 is 0 Å². The summed E-state index contributed by atoms with van der Waals surface area (Å²) in [6, 6.07) is 9.18. The SMILES string of the molecule is CC(=O)N1CCN(c2ccc(NC(=O)c3ccc(C)c(C)c3)nn2)CC1. The number of amides is 2. The Hall–Kier alpha value is -2.96. The highest BCUT2D eigenvalue weighted by Crippen LogP contribution is 2.16. The molecule has 1 aromatic carbocycles. The summed E-state index contributed by atoms with van der Waals surface area (Å²) in [6.45, 7) is 8.39. The third-order valence-electron chi connectivity index (χ3n) is 4.71. The summed E-state index contributed by atoms with van der Waals surface area (Å²) in [6.07, 6.45) is 0. The number of aryl methyl sites for hydroxylation is 2. The molecule has 1 fully saturated rings. The first-order valence-electron chi connectivity index (χ1n) is 8.67. The zero-order valence-corrected chi connectivity index (χ0v) is 15.3. The van der Waals surface area contributed by atoms with Gasteiger partial charge in [-0.3, -0.25) is 9.59 Å². The number of rotatable bonds is 3. The maximum absolute atomic E-state index is 12.3. The van der Waals surface area contributed by atoms with E-state index >= 15 is 0 Å². The molecule has 2 heterocycles. The molecule has 26 heavy (non-hydrogen) atoms. The van der Waals surface area contributed by atoms with Crippen molar-refractivity contribution in [2.24, 2.45) is 0 Å². The monoisotopic (exact) mass is 353 g/mol. The smallest absolute Gasteiger partial charge is 0.256 e. The van der Waals surface area contributed by atoms with E-state index in [1.54, 1.807) is 19.1 Å². The molecule has 2 aromatic rings. The number of carbonyl (C=O) groups excluding carboxylic acids is 2. The molecule has 1 aliphatic rings. The van der Waals surface area contributed by atoms with Crippen LogP contribution in [0.4, 0.5) is 11.6 Å². The molecule has 7 heteroatoms. The van der Waals surface area contributed by atoms with Crippen LogP contribution in [0.5, 0.6) is 0 Å². The van der Waals surface area contributed by atoms with Crippen molar-refractivity contribution in [2.45, 2.75) is 20.8 Å². The molecule has 3 rings (SSSR count). The van der Waals surface area contributed by atoms with E-state index in [2.05, 4.69) is 20.4 Å². The van der Waals surface area contributed by atoms with Gasteiger partial charge in [-0.25, -0.2) is 0 Å². The lowest BCUT2D eigenvalue weighted by Gasteiger charge is -2.34. The van der Waals surface area contributed by atoms with E-state index in [1.807, 2.05) is 36.9 Å². The number of hydrogen-bond donors (Lipinski definition) is 1. The first kappa shape index (κ1) is 17.8. The Bertz CT molecular complexity index is 811. The van der Waals surface area contributed by atoms with Crippen LogP contribution in [0.3, 0.4) is 0 Å². The Labute approximate surface area is 153 Å². The number of carbonyl (C=O) groups is 2. The Morgan fingerprint density at radius 1 is 0.962 bits per heavy atom. The predicted octanol–water partition coefficient (Wildman–Crippen LogP) is 2.01. The van der Waals surface area contributed by atoms with Gasteiger partial charge in [-0.15, -0.1) is 10.2 Å². The highest BCUT2D eigenvalue weighted by Gasteiger charge is 2.19. The molecule has 136 valence electrons. The summed E-state index contributed by atoms with van der Waals surface area (Å²) in [5.74, 6) is 1.06. The molecular formula is C19H23N5O2. The largest absolute Gasteiger partial charge is 0.352 e. The molecule has 0 radical (unpaired) electrons. The Morgan fingerprint density at radius 3 is 2.27 bits per heavy atom. The second-order valence-corrected chi connectivity index (χ2v) is 6.52. The Morgan fingerprint density at radius 2 is 1.69 bits per heavy atom. The van der Waals surface area contributed by atoms with Crippen LogP contribution >= 0.6 is 0 Å². The van der Waals surface area contributed by atoms with Crippen molar-refractivity contribution in [1.29, 1.82) is 0 Å². The normalized spacial score (nSPS) is 14.3. The van der Waals surface area contributed by atoms with E-state index in [0.717, 1.165) is 30.0 Å². The lowest BCUT2D eigenvalue weighted by atomic mass is 10.1. The van der Waals surface area contributed by atoms with Crippen molar-refractivity contribution >= 4 is 23.5 Å². The number of piperazine rings is 1. The fourth-order valence-electron chi connectivity index (χ4n) is 2.88. The average molecular weight is 353 g/mol. The van der Waals surface area contributed by atoms with Gasteiger partial charge in [0.15, 0.2) is 11.6 Å². The minimum absolute atomic E-state index is 0.0973. The number of hydrogen-bond acceptors (Lipinski definition) is 5. The van der Waals surface area contributed by atoms with Gasteiger partial charge in [-0.1, -0.05) is 6.07 Å². The molecular weight excluding hydrogens is 330 g/mol. The van der Waals surface area contributed by atoms with E-state index in [-0.39, 0.29) is 11.8 Å². The summed E-state index contributed by atoms with van der Waals surface area (Å²) < 4.78 is 0. The number of nitrogens with one attached hydrogen (secondary N) is 1. The molecule has 7 nitrogen and oxygen atoms in total. The highest BCUT2D eigenvalue weighted by molar-refractivity contribution is 6.03. The molecule has 0 aliphatic carbocycles. The van der Waals surface area contributed by atoms with Crippen molar-refractivity contribution < 1.29 is 9.59 Å². The predicted molar refractivity (Wildman–Crippen MR) is 100 cm³/mol. The molecule has 1 aliphatic heterocycles. The molecule has 1 aromatic heterocycles. The molecule has 0 atom stereocenters. The number of benzene rings is 1. The van der Waals surface area contributed by atoms with E-state index in [4.69, 9.17) is 0 Å². The molecule has 0 bridgehead atoms. The fraction of sp³-hybridized carbons (Fsp3) is 0.368. The molecule has 1 N–H and O–H groups in total. The van der Waals surface area contributed by atoms with Crippen molar-refractivity contribution in [3.8, 4) is 0 Å². The van der Waals surface area contributed by atoms with Crippen LogP contribution in [0, 0.1) is 13.8 Å². The summed E-state index contributed by atoms with van der Waals surface area (Å²) in [7, 11) is 0. The van der Waals surface area contributed by atoms with Gasteiger partial charge in [0, 0.05) is 38.7 Å². The van der Waals surface area contributed by atoms with E-state index < -0.39 is 0 Å². The highest BCUT2D eigenvalue weighted by atomic mass is 16.2. The summed E-state index contributed by atoms with van der Waals surface area (Å²) >= 11 is 0. The zero-order chi connectivity index (χ0) is 18.7. The van der Waals surface area contributed by atoms with Gasteiger partial charge < -0.3 is 15.1 Å². The maximum atomic E-state index is 12.3. The van der Waals surface area contributed by atoms with Crippen LogP contribution in [0.1, 0.15) is 28.4 Å². The van der Waals surface area contributed by atoms with E-state index in [9.17, 15) is 9.59 Å². The number of aromatic nitrogens is 2. The topological polar surface area (TPSA) is 78.4 Å². The zero-order valence-electron chi connectivity index (χ0n) is 15.3. The molecule has 2 amide bonds. The van der Waals surface area contributed by atoms with Gasteiger partial charge in [-0.05, 0) is 49.2 Å². The third-order valence-corrected chi connectivity index (χ3v) is 4.71. The first-order chi connectivity index (χ1) is 12.4. The van der Waals surface area contributed by atoms with Gasteiger partial charge in [-0.2, -0.15) is 0 Å². The number of anilines is 2. The van der Waals surface area contributed by atoms with Crippen LogP contribution < -0.4 is 10.2 Å². The van der Waals surface area contributed by atoms with Crippen LogP contribution in [0.2, 0.25) is 0 Å². The average Bonchev–Trinajstić information content (AvgIpc) is 2.64. The van der Waals surface area contributed by atoms with Gasteiger partial charge in [0.05, 0.1) is 0 Å². The van der Waals surface area contributed by atoms with Crippen molar-refractivity contribution in [1.82, 2.24) is 15.1 Å². The van der Waals surface area contributed by atoms with Crippen LogP contribution in [-0.4, -0.2) is 53.1 Å². The molecule has 0 saturated carbocycles. The Kier molecular flexibility index (Phi) is 5.16. The second kappa shape index (κ2) is 7.51. The lowest BCUT2D eigenvalue weighted by Crippen LogP contribution is -2.48. The van der Waals surface area contributed by atoms with Crippen LogP contribution in [-0.2, 0) is 4.79 Å². The van der Waals surface area contributed by atoms with Crippen LogP contribution in [0.15, 0.2) is 30.3 Å². The van der Waals surface area contributed by atoms with Gasteiger partial charge in [0.1, 0.15) is 0 Å². The quantitative estimate of drug-likeness (QED) is 0.913. The summed E-state index contributed by atoms with van der Waals surface area (Å²) in [5.41, 5.74) is 2.82. The van der Waals surface area contributed by atoms with E-state index in [0.29, 0.717) is 24.5 Å². The van der Waals surface area contributed by atoms with Gasteiger partial charge in [0.25, 0.3) is 5.91 Å². The summed E-state index contributed by atoms with van der Waals surface area (Å²) in [4.78, 5) is 27.6. The maximum Gasteiger partial charge on any atom is 0.256 e. The van der Waals surface area contributed by atoms with Crippen molar-refractivity contribution in [2.75, 3.05) is 36.4 Å². The van der Waals surface area contributed by atoms with E-state index in [1.165, 1.54) is 0 Å². The summed E-state index contributed by atoms with van der Waals surface area (Å²) in [5, 5.41) is 11.1. The number of nitrogens with zero attached hydrogens (tertiary/aromatic N) is 4. The van der Waals surface area contributed by atoms with Gasteiger partial charge in [0.2, 0.25) is 5.91 Å². The van der Waals surface area contributed by atoms with Crippen LogP contribution in [0.25, 0.3) is 0 Å². The molecule has 0 spiro atoms.